The van der Waals surface area contributed by atoms with Gasteiger partial charge in [0.2, 0.25) is 0 Å². The summed E-state index contributed by atoms with van der Waals surface area (Å²) in [7, 11) is -1.31. The first-order valence-electron chi connectivity index (χ1n) is 18.3. The van der Waals surface area contributed by atoms with Gasteiger partial charge in [0.05, 0.1) is 10.8 Å². The van der Waals surface area contributed by atoms with Crippen molar-refractivity contribution in [3.05, 3.63) is 194 Å². The number of anilines is 4. The second kappa shape index (κ2) is 19.2. The second-order valence-corrected chi connectivity index (χ2v) is 15.6. The molecule has 0 fully saturated rings. The predicted octanol–water partition coefficient (Wildman–Crippen LogP) is 12.2. The molecule has 0 unspecified atom stereocenters. The second-order valence-electron chi connectivity index (χ2n) is 12.9. The summed E-state index contributed by atoms with van der Waals surface area (Å²) in [6.45, 7) is 0. The van der Waals surface area contributed by atoms with E-state index in [0.717, 1.165) is 32.8 Å². The topological polar surface area (TPSA) is 158 Å². The Hall–Kier alpha value is -7.34. The summed E-state index contributed by atoms with van der Waals surface area (Å²) in [5, 5.41) is 0. The third-order valence-electron chi connectivity index (χ3n) is 8.42. The van der Waals surface area contributed by atoms with Crippen molar-refractivity contribution in [2.24, 2.45) is 0 Å². The average Bonchev–Trinajstić information content (AvgIpc) is 3.26. The lowest BCUT2D eigenvalue weighted by Crippen LogP contribution is -1.94. The SMILES string of the molecule is Nc1ccc(Oc2ccc(S(=O)c3ccc(Oc4ccc(N)cc4)cc3)cc2)cc1.Nc1ccc(Oc2ccc(Sc3ccc(Oc4ccc(N)cc4)cc3)cc2)cc1. The number of rotatable bonds is 12. The Balaban J connectivity index is 0.000000179. The van der Waals surface area contributed by atoms with Gasteiger partial charge in [-0.05, 0) is 194 Å². The summed E-state index contributed by atoms with van der Waals surface area (Å²) in [5.74, 6) is 5.79. The molecule has 0 saturated heterocycles. The lowest BCUT2D eigenvalue weighted by Gasteiger charge is -2.09. The van der Waals surface area contributed by atoms with E-state index in [-0.39, 0.29) is 0 Å². The molecule has 0 bridgehead atoms. The summed E-state index contributed by atoms with van der Waals surface area (Å²) in [4.78, 5) is 3.63. The predicted molar refractivity (Wildman–Crippen MR) is 238 cm³/mol. The van der Waals surface area contributed by atoms with Gasteiger partial charge < -0.3 is 41.9 Å². The smallest absolute Gasteiger partial charge is 0.127 e. The van der Waals surface area contributed by atoms with Crippen LogP contribution in [0.5, 0.6) is 46.0 Å². The Morgan fingerprint density at radius 3 is 0.695 bits per heavy atom. The van der Waals surface area contributed by atoms with E-state index < -0.39 is 10.8 Å². The molecule has 59 heavy (non-hydrogen) atoms. The molecule has 294 valence electrons. The third kappa shape index (κ3) is 11.8. The molecule has 8 aromatic rings. The molecule has 0 atom stereocenters. The first-order valence-corrected chi connectivity index (χ1v) is 20.3. The molecule has 11 heteroatoms. The first-order chi connectivity index (χ1) is 28.7. The monoisotopic (exact) mass is 816 g/mol. The molecular formula is C48H40N4O5S2. The normalized spacial score (nSPS) is 10.6. The molecule has 0 aliphatic carbocycles. The Morgan fingerprint density at radius 2 is 0.475 bits per heavy atom. The van der Waals surface area contributed by atoms with Crippen molar-refractivity contribution in [2.75, 3.05) is 22.9 Å². The number of ether oxygens (including phenoxy) is 4. The van der Waals surface area contributed by atoms with Gasteiger partial charge in [0, 0.05) is 42.3 Å². The van der Waals surface area contributed by atoms with Crippen molar-refractivity contribution in [1.29, 1.82) is 0 Å². The van der Waals surface area contributed by atoms with Crippen LogP contribution in [0.2, 0.25) is 0 Å². The van der Waals surface area contributed by atoms with Crippen molar-refractivity contribution in [1.82, 2.24) is 0 Å². The molecule has 8 N–H and O–H groups in total. The fourth-order valence-electron chi connectivity index (χ4n) is 5.37. The minimum Gasteiger partial charge on any atom is -0.457 e. The van der Waals surface area contributed by atoms with E-state index in [9.17, 15) is 4.21 Å². The van der Waals surface area contributed by atoms with Gasteiger partial charge in [0.25, 0.3) is 0 Å². The van der Waals surface area contributed by atoms with Gasteiger partial charge in [-0.25, -0.2) is 4.21 Å². The van der Waals surface area contributed by atoms with Crippen LogP contribution in [0.4, 0.5) is 22.7 Å². The van der Waals surface area contributed by atoms with Crippen LogP contribution >= 0.6 is 11.8 Å². The van der Waals surface area contributed by atoms with E-state index in [2.05, 4.69) is 0 Å². The summed E-state index contributed by atoms with van der Waals surface area (Å²) in [6.07, 6.45) is 0. The Kier molecular flexibility index (Phi) is 13.0. The molecule has 0 aromatic heterocycles. The Bertz CT molecular complexity index is 2390. The zero-order valence-corrected chi connectivity index (χ0v) is 33.3. The number of hydrogen-bond acceptors (Lipinski definition) is 10. The largest absolute Gasteiger partial charge is 0.457 e. The molecular weight excluding hydrogens is 777 g/mol. The minimum atomic E-state index is -1.31. The van der Waals surface area contributed by atoms with E-state index in [1.54, 1.807) is 109 Å². The van der Waals surface area contributed by atoms with Crippen LogP contribution in [-0.4, -0.2) is 4.21 Å². The van der Waals surface area contributed by atoms with Gasteiger partial charge in [0.1, 0.15) is 46.0 Å². The lowest BCUT2D eigenvalue weighted by molar-refractivity contribution is 0.482. The quantitative estimate of drug-likeness (QED) is 0.0875. The first kappa shape index (κ1) is 39.9. The Morgan fingerprint density at radius 1 is 0.288 bits per heavy atom. The highest BCUT2D eigenvalue weighted by atomic mass is 32.2. The molecule has 0 amide bonds. The highest BCUT2D eigenvalue weighted by Gasteiger charge is 2.09. The summed E-state index contributed by atoms with van der Waals surface area (Å²) < 4.78 is 36.1. The van der Waals surface area contributed by atoms with Crippen molar-refractivity contribution in [2.45, 2.75) is 19.6 Å². The third-order valence-corrected chi connectivity index (χ3v) is 10.8. The molecule has 0 heterocycles. The molecule has 9 nitrogen and oxygen atoms in total. The molecule has 0 aliphatic rings. The molecule has 8 rings (SSSR count). The van der Waals surface area contributed by atoms with Crippen molar-refractivity contribution >= 4 is 45.3 Å². The van der Waals surface area contributed by atoms with Gasteiger partial charge in [-0.15, -0.1) is 0 Å². The number of hydrogen-bond donors (Lipinski definition) is 4. The minimum absolute atomic E-state index is 0.660. The summed E-state index contributed by atoms with van der Waals surface area (Å²) in [6, 6.07) is 59.3. The van der Waals surface area contributed by atoms with Crippen LogP contribution < -0.4 is 41.9 Å². The summed E-state index contributed by atoms with van der Waals surface area (Å²) in [5.41, 5.74) is 25.5. The van der Waals surface area contributed by atoms with E-state index in [0.29, 0.717) is 55.5 Å². The van der Waals surface area contributed by atoms with Crippen LogP contribution in [-0.2, 0) is 10.8 Å². The maximum absolute atomic E-state index is 12.9. The fraction of sp³-hybridized carbons (Fsp3) is 0. The molecule has 0 aliphatic heterocycles. The maximum atomic E-state index is 12.9. The molecule has 0 saturated carbocycles. The molecule has 0 radical (unpaired) electrons. The molecule has 0 spiro atoms. The standard InChI is InChI=1S/C24H20N2O3S.C24H20N2O2S/c25-17-1-5-19(6-2-17)28-21-9-13-23(14-10-21)30(27)24-15-11-22(12-16-24)29-20-7-3-18(26)4-8-20;25-17-1-5-19(6-2-17)27-21-9-13-23(14-10-21)29-24-15-11-22(12-16-24)28-20-7-3-18(26)4-8-20/h1-16H,25-26H2;1-16H,25-26H2. The van der Waals surface area contributed by atoms with E-state index in [1.807, 2.05) is 97.1 Å². The van der Waals surface area contributed by atoms with Crippen molar-refractivity contribution in [3.63, 3.8) is 0 Å². The highest BCUT2D eigenvalue weighted by molar-refractivity contribution is 7.99. The summed E-state index contributed by atoms with van der Waals surface area (Å²) >= 11 is 1.68. The molecule has 8 aromatic carbocycles. The zero-order valence-electron chi connectivity index (χ0n) is 31.6. The van der Waals surface area contributed by atoms with E-state index in [1.165, 1.54) is 0 Å². The van der Waals surface area contributed by atoms with Crippen LogP contribution in [0.25, 0.3) is 0 Å². The van der Waals surface area contributed by atoms with E-state index in [4.69, 9.17) is 41.9 Å². The van der Waals surface area contributed by atoms with Crippen molar-refractivity contribution < 1.29 is 23.2 Å². The highest BCUT2D eigenvalue weighted by Crippen LogP contribution is 2.33. The van der Waals surface area contributed by atoms with Crippen LogP contribution in [0.15, 0.2) is 214 Å². The van der Waals surface area contributed by atoms with Crippen LogP contribution in [0.1, 0.15) is 0 Å². The van der Waals surface area contributed by atoms with Crippen LogP contribution in [0.3, 0.4) is 0 Å². The van der Waals surface area contributed by atoms with Gasteiger partial charge in [-0.3, -0.25) is 0 Å². The fourth-order valence-corrected chi connectivity index (χ4v) is 7.23. The number of benzene rings is 8. The Labute approximate surface area is 349 Å². The maximum Gasteiger partial charge on any atom is 0.127 e. The zero-order chi connectivity index (χ0) is 41.0. The van der Waals surface area contributed by atoms with Crippen molar-refractivity contribution in [3.8, 4) is 46.0 Å². The van der Waals surface area contributed by atoms with Gasteiger partial charge >= 0.3 is 0 Å². The average molecular weight is 817 g/mol. The van der Waals surface area contributed by atoms with Gasteiger partial charge in [-0.1, -0.05) is 11.8 Å². The number of nitrogen functional groups attached to an aromatic ring is 4. The number of nitrogens with two attached hydrogens (primary N) is 4. The lowest BCUT2D eigenvalue weighted by atomic mass is 10.3. The van der Waals surface area contributed by atoms with Gasteiger partial charge in [0.15, 0.2) is 0 Å². The van der Waals surface area contributed by atoms with Crippen LogP contribution in [0, 0.1) is 0 Å². The van der Waals surface area contributed by atoms with Gasteiger partial charge in [-0.2, -0.15) is 0 Å². The van der Waals surface area contributed by atoms with E-state index >= 15 is 0 Å².